The third-order valence-corrected chi connectivity index (χ3v) is 3.46. The number of hydrogen-bond donors (Lipinski definition) is 3. The van der Waals surface area contributed by atoms with Gasteiger partial charge in [-0.1, -0.05) is 31.4 Å². The van der Waals surface area contributed by atoms with Gasteiger partial charge in [0.05, 0.1) is 6.10 Å². The molecule has 1 aromatic carbocycles. The van der Waals surface area contributed by atoms with Crippen LogP contribution in [-0.4, -0.2) is 22.8 Å². The molecule has 1 aliphatic rings. The van der Waals surface area contributed by atoms with Crippen molar-refractivity contribution in [2.75, 3.05) is 6.54 Å². The number of hydrogen-bond acceptors (Lipinski definition) is 3. The molecule has 3 N–H and O–H groups in total. The van der Waals surface area contributed by atoms with E-state index in [1.165, 1.54) is 32.1 Å². The molecule has 1 unspecified atom stereocenters. The van der Waals surface area contributed by atoms with E-state index in [0.717, 1.165) is 5.56 Å². The van der Waals surface area contributed by atoms with Gasteiger partial charge in [-0.25, -0.2) is 0 Å². The molecule has 1 aliphatic carbocycles. The molecule has 1 fully saturated rings. The van der Waals surface area contributed by atoms with Gasteiger partial charge in [-0.05, 0) is 30.5 Å². The molecule has 1 aromatic rings. The Kier molecular flexibility index (Phi) is 6.47. The first-order valence-corrected chi connectivity index (χ1v) is 6.46. The Morgan fingerprint density at radius 1 is 1.22 bits per heavy atom. The molecular formula is C14H22ClNO2. The highest BCUT2D eigenvalue weighted by Gasteiger charge is 2.15. The van der Waals surface area contributed by atoms with Crippen molar-refractivity contribution in [2.24, 2.45) is 0 Å². The number of phenols is 1. The highest BCUT2D eigenvalue weighted by atomic mass is 35.5. The predicted molar refractivity (Wildman–Crippen MR) is 75.2 cm³/mol. The molecule has 1 saturated carbocycles. The van der Waals surface area contributed by atoms with Crippen LogP contribution in [0.4, 0.5) is 0 Å². The van der Waals surface area contributed by atoms with Crippen molar-refractivity contribution in [1.29, 1.82) is 0 Å². The van der Waals surface area contributed by atoms with Gasteiger partial charge in [0.15, 0.2) is 0 Å². The van der Waals surface area contributed by atoms with Crippen LogP contribution >= 0.6 is 12.4 Å². The van der Waals surface area contributed by atoms with Gasteiger partial charge in [-0.2, -0.15) is 0 Å². The smallest absolute Gasteiger partial charge is 0.115 e. The zero-order valence-corrected chi connectivity index (χ0v) is 11.3. The molecule has 0 aromatic heterocycles. The molecular weight excluding hydrogens is 250 g/mol. The third-order valence-electron chi connectivity index (χ3n) is 3.46. The van der Waals surface area contributed by atoms with Gasteiger partial charge >= 0.3 is 0 Å². The summed E-state index contributed by atoms with van der Waals surface area (Å²) in [5.41, 5.74) is 0.772. The maximum Gasteiger partial charge on any atom is 0.115 e. The average Bonchev–Trinajstić information content (AvgIpc) is 2.37. The molecule has 0 spiro atoms. The number of phenolic OH excluding ortho intramolecular Hbond substituents is 1. The molecule has 0 heterocycles. The number of halogens is 1. The van der Waals surface area contributed by atoms with Crippen molar-refractivity contribution >= 4 is 12.4 Å². The number of aliphatic hydroxyl groups excluding tert-OH is 1. The normalized spacial score (nSPS) is 18.1. The largest absolute Gasteiger partial charge is 0.508 e. The van der Waals surface area contributed by atoms with Crippen molar-refractivity contribution in [2.45, 2.75) is 44.2 Å². The zero-order chi connectivity index (χ0) is 12.1. The number of aromatic hydroxyl groups is 1. The summed E-state index contributed by atoms with van der Waals surface area (Å²) >= 11 is 0. The minimum atomic E-state index is -0.538. The Labute approximate surface area is 115 Å². The van der Waals surface area contributed by atoms with Crippen LogP contribution < -0.4 is 5.32 Å². The summed E-state index contributed by atoms with van der Waals surface area (Å²) in [6, 6.07) is 7.38. The summed E-state index contributed by atoms with van der Waals surface area (Å²) in [4.78, 5) is 0. The lowest BCUT2D eigenvalue weighted by molar-refractivity contribution is 0.165. The molecule has 18 heavy (non-hydrogen) atoms. The van der Waals surface area contributed by atoms with E-state index in [9.17, 15) is 10.2 Å². The Hall–Kier alpha value is -0.770. The highest BCUT2D eigenvalue weighted by molar-refractivity contribution is 5.85. The van der Waals surface area contributed by atoms with Crippen LogP contribution in [0.1, 0.15) is 43.8 Å². The number of rotatable bonds is 4. The molecule has 102 valence electrons. The summed E-state index contributed by atoms with van der Waals surface area (Å²) in [7, 11) is 0. The van der Waals surface area contributed by atoms with E-state index >= 15 is 0 Å². The Balaban J connectivity index is 0.00000162. The van der Waals surface area contributed by atoms with Gasteiger partial charge in [0.2, 0.25) is 0 Å². The Morgan fingerprint density at radius 3 is 2.61 bits per heavy atom. The number of benzene rings is 1. The average molecular weight is 272 g/mol. The lowest BCUT2D eigenvalue weighted by atomic mass is 9.95. The second-order valence-corrected chi connectivity index (χ2v) is 4.85. The lowest BCUT2D eigenvalue weighted by Gasteiger charge is -2.24. The lowest BCUT2D eigenvalue weighted by Crippen LogP contribution is -2.34. The summed E-state index contributed by atoms with van der Waals surface area (Å²) in [5.74, 6) is 0.208. The number of aliphatic hydroxyl groups is 1. The van der Waals surface area contributed by atoms with Crippen LogP contribution in [0.5, 0.6) is 5.75 Å². The maximum absolute atomic E-state index is 10.0. The minimum Gasteiger partial charge on any atom is -0.508 e. The second kappa shape index (κ2) is 7.62. The first-order valence-electron chi connectivity index (χ1n) is 6.46. The van der Waals surface area contributed by atoms with Crippen LogP contribution in [0.3, 0.4) is 0 Å². The van der Waals surface area contributed by atoms with Crippen molar-refractivity contribution in [1.82, 2.24) is 5.32 Å². The zero-order valence-electron chi connectivity index (χ0n) is 10.5. The predicted octanol–water partition coefficient (Wildman–Crippen LogP) is 2.77. The van der Waals surface area contributed by atoms with E-state index in [2.05, 4.69) is 5.32 Å². The molecule has 2 rings (SSSR count). The molecule has 0 saturated heterocycles. The summed E-state index contributed by atoms with van der Waals surface area (Å²) in [6.45, 7) is 0.564. The Morgan fingerprint density at radius 2 is 1.94 bits per heavy atom. The fourth-order valence-electron chi connectivity index (χ4n) is 2.43. The quantitative estimate of drug-likeness (QED) is 0.789. The van der Waals surface area contributed by atoms with Crippen molar-refractivity contribution < 1.29 is 10.2 Å². The van der Waals surface area contributed by atoms with Crippen LogP contribution in [0.2, 0.25) is 0 Å². The fourth-order valence-corrected chi connectivity index (χ4v) is 2.43. The first-order chi connectivity index (χ1) is 8.25. The fraction of sp³-hybridized carbons (Fsp3) is 0.571. The van der Waals surface area contributed by atoms with E-state index in [1.54, 1.807) is 18.2 Å². The van der Waals surface area contributed by atoms with Crippen LogP contribution in [0, 0.1) is 0 Å². The van der Waals surface area contributed by atoms with Crippen molar-refractivity contribution in [3.05, 3.63) is 29.8 Å². The van der Waals surface area contributed by atoms with E-state index in [1.807, 2.05) is 6.07 Å². The van der Waals surface area contributed by atoms with E-state index in [0.29, 0.717) is 12.6 Å². The van der Waals surface area contributed by atoms with E-state index in [-0.39, 0.29) is 18.2 Å². The van der Waals surface area contributed by atoms with Gasteiger partial charge in [0.25, 0.3) is 0 Å². The topological polar surface area (TPSA) is 52.5 Å². The third kappa shape index (κ3) is 4.48. The van der Waals surface area contributed by atoms with Gasteiger partial charge in [-0.3, -0.25) is 0 Å². The minimum absolute atomic E-state index is 0. The van der Waals surface area contributed by atoms with Crippen molar-refractivity contribution in [3.8, 4) is 5.75 Å². The molecule has 3 nitrogen and oxygen atoms in total. The van der Waals surface area contributed by atoms with Gasteiger partial charge in [-0.15, -0.1) is 12.4 Å². The van der Waals surface area contributed by atoms with Crippen LogP contribution in [0.15, 0.2) is 24.3 Å². The SMILES string of the molecule is Cl.Oc1cccc(C(O)CNC2CCCCC2)c1. The standard InChI is InChI=1S/C14H21NO2.ClH/c16-13-8-4-5-11(9-13)14(17)10-15-12-6-2-1-3-7-12;/h4-5,8-9,12,14-17H,1-3,6-7,10H2;1H. The maximum atomic E-state index is 10.0. The summed E-state index contributed by atoms with van der Waals surface area (Å²) in [5, 5.41) is 22.8. The highest BCUT2D eigenvalue weighted by Crippen LogP contribution is 2.20. The first kappa shape index (κ1) is 15.3. The molecule has 4 heteroatoms. The molecule has 0 bridgehead atoms. The number of nitrogens with one attached hydrogen (secondary N) is 1. The van der Waals surface area contributed by atoms with Gasteiger partial charge < -0.3 is 15.5 Å². The van der Waals surface area contributed by atoms with Crippen molar-refractivity contribution in [3.63, 3.8) is 0 Å². The summed E-state index contributed by atoms with van der Waals surface area (Å²) in [6.07, 6.45) is 5.82. The van der Waals surface area contributed by atoms with E-state index < -0.39 is 6.10 Å². The van der Waals surface area contributed by atoms with Gasteiger partial charge in [0.1, 0.15) is 5.75 Å². The molecule has 1 atom stereocenters. The van der Waals surface area contributed by atoms with E-state index in [4.69, 9.17) is 0 Å². The summed E-state index contributed by atoms with van der Waals surface area (Å²) < 4.78 is 0. The molecule has 0 amide bonds. The van der Waals surface area contributed by atoms with Crippen LogP contribution in [-0.2, 0) is 0 Å². The second-order valence-electron chi connectivity index (χ2n) is 4.85. The Bertz CT molecular complexity index is 353. The van der Waals surface area contributed by atoms with Crippen LogP contribution in [0.25, 0.3) is 0 Å². The van der Waals surface area contributed by atoms with Gasteiger partial charge in [0, 0.05) is 12.6 Å². The molecule has 0 radical (unpaired) electrons. The molecule has 0 aliphatic heterocycles. The monoisotopic (exact) mass is 271 g/mol.